The molecule has 1 amide bonds. The Hall–Kier alpha value is -3.01. The van der Waals surface area contributed by atoms with E-state index in [-0.39, 0.29) is 16.1 Å². The minimum atomic E-state index is -3.72. The molecule has 0 aliphatic carbocycles. The Kier molecular flexibility index (Phi) is 7.68. The van der Waals surface area contributed by atoms with E-state index >= 15 is 0 Å². The highest BCUT2D eigenvalue weighted by atomic mass is 35.5. The first-order valence-corrected chi connectivity index (χ1v) is 12.1. The van der Waals surface area contributed by atoms with Gasteiger partial charge in [0.2, 0.25) is 10.0 Å². The van der Waals surface area contributed by atoms with Gasteiger partial charge < -0.3 is 19.4 Å². The van der Waals surface area contributed by atoms with Crippen molar-refractivity contribution in [1.82, 2.24) is 8.87 Å². The number of anilines is 1. The van der Waals surface area contributed by atoms with E-state index in [9.17, 15) is 13.2 Å². The average Bonchev–Trinajstić information content (AvgIpc) is 3.34. The Bertz CT molecular complexity index is 1240. The summed E-state index contributed by atoms with van der Waals surface area (Å²) in [7, 11) is -0.828. The van der Waals surface area contributed by atoms with Crippen LogP contribution < -0.4 is 14.8 Å². The normalized spacial score (nSPS) is 11.5. The van der Waals surface area contributed by atoms with E-state index < -0.39 is 15.9 Å². The van der Waals surface area contributed by atoms with E-state index in [4.69, 9.17) is 21.1 Å². The maximum absolute atomic E-state index is 13.1. The molecule has 0 radical (unpaired) electrons. The molecule has 176 valence electrons. The quantitative estimate of drug-likeness (QED) is 0.478. The molecular weight excluding hydrogens is 466 g/mol. The van der Waals surface area contributed by atoms with Gasteiger partial charge in [-0.05, 0) is 36.4 Å². The van der Waals surface area contributed by atoms with Gasteiger partial charge in [-0.3, -0.25) is 4.79 Å². The van der Waals surface area contributed by atoms with Crippen LogP contribution in [0.3, 0.4) is 0 Å². The second-order valence-corrected chi connectivity index (χ2v) is 9.34. The smallest absolute Gasteiger partial charge is 0.259 e. The molecule has 0 saturated carbocycles. The van der Waals surface area contributed by atoms with Crippen LogP contribution in [0, 0.1) is 0 Å². The predicted octanol–water partition coefficient (Wildman–Crippen LogP) is 4.43. The molecule has 0 saturated heterocycles. The first kappa shape index (κ1) is 24.6. The lowest BCUT2D eigenvalue weighted by atomic mass is 10.1. The number of aromatic nitrogens is 1. The number of ether oxygens (including phenoxy) is 2. The Labute approximate surface area is 198 Å². The number of benzene rings is 2. The summed E-state index contributed by atoms with van der Waals surface area (Å²) in [5.74, 6) is 0.103. The third kappa shape index (κ3) is 5.00. The monoisotopic (exact) mass is 491 g/mol. The zero-order chi connectivity index (χ0) is 24.2. The molecule has 10 heteroatoms. The van der Waals surface area contributed by atoms with Crippen LogP contribution in [-0.2, 0) is 10.0 Å². The Morgan fingerprint density at radius 2 is 1.67 bits per heavy atom. The summed E-state index contributed by atoms with van der Waals surface area (Å²) in [5, 5.41) is 3.08. The molecule has 0 aliphatic rings. The van der Waals surface area contributed by atoms with E-state index in [1.54, 1.807) is 24.5 Å². The maximum Gasteiger partial charge on any atom is 0.259 e. The van der Waals surface area contributed by atoms with Crippen molar-refractivity contribution in [3.63, 3.8) is 0 Å². The molecule has 0 unspecified atom stereocenters. The molecule has 2 aromatic carbocycles. The number of nitrogens with zero attached hydrogens (tertiary/aromatic N) is 2. The van der Waals surface area contributed by atoms with Crippen LogP contribution >= 0.6 is 11.6 Å². The van der Waals surface area contributed by atoms with Crippen molar-refractivity contribution >= 4 is 33.2 Å². The number of carbonyl (C=O) groups is 1. The van der Waals surface area contributed by atoms with E-state index in [2.05, 4.69) is 5.32 Å². The van der Waals surface area contributed by atoms with Gasteiger partial charge in [-0.25, -0.2) is 8.42 Å². The lowest BCUT2D eigenvalue weighted by Crippen LogP contribution is -2.30. The van der Waals surface area contributed by atoms with Crippen LogP contribution in [0.2, 0.25) is 5.02 Å². The van der Waals surface area contributed by atoms with Gasteiger partial charge in [0.05, 0.1) is 41.1 Å². The summed E-state index contributed by atoms with van der Waals surface area (Å²) in [4.78, 5) is 13.2. The number of nitrogens with one attached hydrogen (secondary N) is 1. The Balaban J connectivity index is 2.00. The minimum absolute atomic E-state index is 0.0512. The molecule has 1 N–H and O–H groups in total. The summed E-state index contributed by atoms with van der Waals surface area (Å²) in [6, 6.07) is 11.2. The third-order valence-corrected chi connectivity index (χ3v) is 7.51. The summed E-state index contributed by atoms with van der Waals surface area (Å²) in [5.41, 5.74) is 1.06. The zero-order valence-electron chi connectivity index (χ0n) is 18.8. The number of sulfonamides is 1. The van der Waals surface area contributed by atoms with Gasteiger partial charge in [0, 0.05) is 31.5 Å². The molecule has 33 heavy (non-hydrogen) atoms. The second kappa shape index (κ2) is 10.3. The lowest BCUT2D eigenvalue weighted by Gasteiger charge is -2.20. The lowest BCUT2D eigenvalue weighted by molar-refractivity contribution is 0.102. The summed E-state index contributed by atoms with van der Waals surface area (Å²) < 4.78 is 39.8. The number of methoxy groups -OCH3 is 2. The van der Waals surface area contributed by atoms with Gasteiger partial charge in [-0.2, -0.15) is 4.31 Å². The van der Waals surface area contributed by atoms with Crippen molar-refractivity contribution in [2.45, 2.75) is 18.7 Å². The second-order valence-electron chi connectivity index (χ2n) is 7.00. The van der Waals surface area contributed by atoms with Gasteiger partial charge in [-0.15, -0.1) is 0 Å². The highest BCUT2D eigenvalue weighted by Gasteiger charge is 2.24. The third-order valence-electron chi connectivity index (χ3n) is 5.16. The SMILES string of the molecule is CCN(CC)S(=O)(=O)c1ccc(OC)c(NC(=O)c2cc(Cl)c(-n3cccc3)cc2OC)c1. The molecule has 3 aromatic rings. The van der Waals surface area contributed by atoms with Crippen LogP contribution in [-0.4, -0.2) is 50.5 Å². The molecule has 0 fully saturated rings. The van der Waals surface area contributed by atoms with Gasteiger partial charge >= 0.3 is 0 Å². The first-order valence-electron chi connectivity index (χ1n) is 10.3. The van der Waals surface area contributed by atoms with Gasteiger partial charge in [0.25, 0.3) is 5.91 Å². The van der Waals surface area contributed by atoms with Crippen molar-refractivity contribution < 1.29 is 22.7 Å². The maximum atomic E-state index is 13.1. The van der Waals surface area contributed by atoms with E-state index in [0.717, 1.165) is 0 Å². The van der Waals surface area contributed by atoms with Crippen LogP contribution in [0.4, 0.5) is 5.69 Å². The fraction of sp³-hybridized carbons (Fsp3) is 0.261. The molecule has 0 bridgehead atoms. The van der Waals surface area contributed by atoms with Crippen molar-refractivity contribution in [1.29, 1.82) is 0 Å². The predicted molar refractivity (Wildman–Crippen MR) is 128 cm³/mol. The summed E-state index contributed by atoms with van der Waals surface area (Å²) in [6.45, 7) is 4.19. The molecule has 0 aliphatic heterocycles. The Morgan fingerprint density at radius 1 is 1.03 bits per heavy atom. The van der Waals surface area contributed by atoms with Crippen LogP contribution in [0.25, 0.3) is 5.69 Å². The number of rotatable bonds is 9. The molecule has 0 atom stereocenters. The van der Waals surface area contributed by atoms with Crippen LogP contribution in [0.5, 0.6) is 11.5 Å². The number of carbonyl (C=O) groups excluding carboxylic acids is 1. The largest absolute Gasteiger partial charge is 0.496 e. The van der Waals surface area contributed by atoms with Crippen molar-refractivity contribution in [3.05, 3.63) is 65.4 Å². The number of hydrogen-bond donors (Lipinski definition) is 1. The van der Waals surface area contributed by atoms with Gasteiger partial charge in [0.1, 0.15) is 11.5 Å². The number of halogens is 1. The van der Waals surface area contributed by atoms with Crippen molar-refractivity contribution in [2.75, 3.05) is 32.6 Å². The van der Waals surface area contributed by atoms with Gasteiger partial charge in [-0.1, -0.05) is 25.4 Å². The summed E-state index contributed by atoms with van der Waals surface area (Å²) in [6.07, 6.45) is 3.65. The van der Waals surface area contributed by atoms with Crippen LogP contribution in [0.1, 0.15) is 24.2 Å². The summed E-state index contributed by atoms with van der Waals surface area (Å²) >= 11 is 6.44. The molecule has 8 nitrogen and oxygen atoms in total. The average molecular weight is 492 g/mol. The van der Waals surface area contributed by atoms with E-state index in [1.807, 2.05) is 24.5 Å². The standard InChI is InChI=1S/C23H26ClN3O5S/c1-5-27(6-2)33(29,30)16-9-10-21(31-3)19(13-16)25-23(28)17-14-18(24)20(15-22(17)32-4)26-11-7-8-12-26/h7-15H,5-6H2,1-4H3,(H,25,28). The fourth-order valence-corrected chi connectivity index (χ4v) is 5.18. The highest BCUT2D eigenvalue weighted by Crippen LogP contribution is 2.33. The molecule has 3 rings (SSSR count). The zero-order valence-corrected chi connectivity index (χ0v) is 20.4. The van der Waals surface area contributed by atoms with Crippen molar-refractivity contribution in [2.24, 2.45) is 0 Å². The molecule has 0 spiro atoms. The Morgan fingerprint density at radius 3 is 2.24 bits per heavy atom. The fourth-order valence-electron chi connectivity index (χ4n) is 3.43. The van der Waals surface area contributed by atoms with Crippen LogP contribution in [0.15, 0.2) is 59.8 Å². The van der Waals surface area contributed by atoms with E-state index in [1.165, 1.54) is 42.8 Å². The number of amides is 1. The van der Waals surface area contributed by atoms with Gasteiger partial charge in [0.15, 0.2) is 0 Å². The minimum Gasteiger partial charge on any atom is -0.496 e. The van der Waals surface area contributed by atoms with Crippen molar-refractivity contribution in [3.8, 4) is 17.2 Å². The molecule has 1 aromatic heterocycles. The first-order chi connectivity index (χ1) is 15.8. The topological polar surface area (TPSA) is 89.9 Å². The molecular formula is C23H26ClN3O5S. The highest BCUT2D eigenvalue weighted by molar-refractivity contribution is 7.89. The van der Waals surface area contributed by atoms with E-state index in [0.29, 0.717) is 35.3 Å². The number of hydrogen-bond acceptors (Lipinski definition) is 5. The molecule has 1 heterocycles.